The first kappa shape index (κ1) is 15.2. The van der Waals surface area contributed by atoms with Gasteiger partial charge < -0.3 is 11.1 Å². The van der Waals surface area contributed by atoms with Gasteiger partial charge in [0.15, 0.2) is 0 Å². The molecule has 0 bridgehead atoms. The van der Waals surface area contributed by atoms with E-state index in [9.17, 15) is 9.18 Å². The second-order valence-corrected chi connectivity index (χ2v) is 4.94. The van der Waals surface area contributed by atoms with E-state index in [0.717, 1.165) is 29.7 Å². The summed E-state index contributed by atoms with van der Waals surface area (Å²) < 4.78 is 12.8. The normalized spacial score (nSPS) is 10.4. The second-order valence-electron chi connectivity index (χ2n) is 4.94. The van der Waals surface area contributed by atoms with Gasteiger partial charge in [-0.15, -0.1) is 0 Å². The number of amides is 1. The molecule has 21 heavy (non-hydrogen) atoms. The monoisotopic (exact) mass is 286 g/mol. The number of carbonyl (C=O) groups is 1. The van der Waals surface area contributed by atoms with Crippen LogP contribution in [0.1, 0.15) is 17.5 Å². The number of rotatable bonds is 6. The standard InChI is InChI=1S/C17H19FN2O/c18-15-8-6-14(7-9-15)12-17(21)20-16-5-1-3-13(11-16)4-2-10-19/h1,3,5-9,11H,2,4,10,12,19H2,(H,20,21). The summed E-state index contributed by atoms with van der Waals surface area (Å²) in [7, 11) is 0. The van der Waals surface area contributed by atoms with E-state index in [1.165, 1.54) is 12.1 Å². The third-order valence-electron chi connectivity index (χ3n) is 3.16. The Bertz CT molecular complexity index is 596. The summed E-state index contributed by atoms with van der Waals surface area (Å²) in [5.41, 5.74) is 8.21. The minimum atomic E-state index is -0.299. The fourth-order valence-corrected chi connectivity index (χ4v) is 2.10. The number of anilines is 1. The van der Waals surface area contributed by atoms with Gasteiger partial charge in [-0.05, 0) is 54.8 Å². The number of benzene rings is 2. The van der Waals surface area contributed by atoms with E-state index in [-0.39, 0.29) is 18.1 Å². The SMILES string of the molecule is NCCCc1cccc(NC(=O)Cc2ccc(F)cc2)c1. The first-order valence-electron chi connectivity index (χ1n) is 7.00. The zero-order valence-electron chi connectivity index (χ0n) is 11.8. The van der Waals surface area contributed by atoms with Crippen LogP contribution in [0.15, 0.2) is 48.5 Å². The molecule has 0 spiro atoms. The molecule has 0 saturated heterocycles. The Labute approximate surface area is 124 Å². The van der Waals surface area contributed by atoms with Gasteiger partial charge in [-0.3, -0.25) is 4.79 Å². The van der Waals surface area contributed by atoms with Crippen molar-refractivity contribution in [3.63, 3.8) is 0 Å². The molecule has 3 nitrogen and oxygen atoms in total. The molecule has 0 radical (unpaired) electrons. The van der Waals surface area contributed by atoms with Crippen molar-refractivity contribution in [2.75, 3.05) is 11.9 Å². The van der Waals surface area contributed by atoms with E-state index in [1.807, 2.05) is 24.3 Å². The maximum Gasteiger partial charge on any atom is 0.228 e. The highest BCUT2D eigenvalue weighted by Crippen LogP contribution is 2.13. The van der Waals surface area contributed by atoms with Gasteiger partial charge in [-0.2, -0.15) is 0 Å². The van der Waals surface area contributed by atoms with E-state index >= 15 is 0 Å². The fourth-order valence-electron chi connectivity index (χ4n) is 2.10. The third kappa shape index (κ3) is 5.00. The summed E-state index contributed by atoms with van der Waals surface area (Å²) in [6.07, 6.45) is 2.05. The van der Waals surface area contributed by atoms with Gasteiger partial charge in [0, 0.05) is 5.69 Å². The van der Waals surface area contributed by atoms with Gasteiger partial charge in [-0.25, -0.2) is 4.39 Å². The zero-order chi connectivity index (χ0) is 15.1. The van der Waals surface area contributed by atoms with Crippen LogP contribution in [0.4, 0.5) is 10.1 Å². The van der Waals surface area contributed by atoms with Crippen LogP contribution in [-0.2, 0) is 17.6 Å². The lowest BCUT2D eigenvalue weighted by Crippen LogP contribution is -2.14. The van der Waals surface area contributed by atoms with Crippen LogP contribution >= 0.6 is 0 Å². The Morgan fingerprint density at radius 1 is 1.10 bits per heavy atom. The highest BCUT2D eigenvalue weighted by molar-refractivity contribution is 5.92. The van der Waals surface area contributed by atoms with Crippen LogP contribution in [0.25, 0.3) is 0 Å². The Balaban J connectivity index is 1.94. The predicted molar refractivity (Wildman–Crippen MR) is 82.6 cm³/mol. The van der Waals surface area contributed by atoms with Crippen LogP contribution in [-0.4, -0.2) is 12.5 Å². The smallest absolute Gasteiger partial charge is 0.228 e. The molecule has 0 aliphatic rings. The Hall–Kier alpha value is -2.20. The van der Waals surface area contributed by atoms with Crippen molar-refractivity contribution in [3.8, 4) is 0 Å². The Morgan fingerprint density at radius 2 is 1.86 bits per heavy atom. The molecule has 0 heterocycles. The predicted octanol–water partition coefficient (Wildman–Crippen LogP) is 2.90. The molecule has 0 aromatic heterocycles. The minimum Gasteiger partial charge on any atom is -0.330 e. The van der Waals surface area contributed by atoms with Gasteiger partial charge >= 0.3 is 0 Å². The molecule has 0 fully saturated rings. The summed E-state index contributed by atoms with van der Waals surface area (Å²) in [6, 6.07) is 13.7. The van der Waals surface area contributed by atoms with Gasteiger partial charge in [0.1, 0.15) is 5.82 Å². The van der Waals surface area contributed by atoms with E-state index in [2.05, 4.69) is 5.32 Å². The average molecular weight is 286 g/mol. The van der Waals surface area contributed by atoms with E-state index in [1.54, 1.807) is 12.1 Å². The van der Waals surface area contributed by atoms with Gasteiger partial charge in [0.2, 0.25) is 5.91 Å². The highest BCUT2D eigenvalue weighted by atomic mass is 19.1. The summed E-state index contributed by atoms with van der Waals surface area (Å²) >= 11 is 0. The van der Waals surface area contributed by atoms with Crippen LogP contribution in [0, 0.1) is 5.82 Å². The van der Waals surface area contributed by atoms with Crippen molar-refractivity contribution in [3.05, 3.63) is 65.5 Å². The first-order valence-corrected chi connectivity index (χ1v) is 7.00. The summed E-state index contributed by atoms with van der Waals surface area (Å²) in [6.45, 7) is 0.654. The molecule has 1 amide bonds. The van der Waals surface area contributed by atoms with Crippen molar-refractivity contribution in [2.24, 2.45) is 5.73 Å². The summed E-state index contributed by atoms with van der Waals surface area (Å²) in [4.78, 5) is 12.0. The van der Waals surface area contributed by atoms with Crippen molar-refractivity contribution < 1.29 is 9.18 Å². The molecule has 0 aliphatic carbocycles. The second kappa shape index (κ2) is 7.55. The molecule has 2 aromatic carbocycles. The van der Waals surface area contributed by atoms with Gasteiger partial charge in [0.05, 0.1) is 6.42 Å². The molecule has 110 valence electrons. The van der Waals surface area contributed by atoms with Crippen molar-refractivity contribution >= 4 is 11.6 Å². The quantitative estimate of drug-likeness (QED) is 0.858. The van der Waals surface area contributed by atoms with Crippen LogP contribution in [0.2, 0.25) is 0 Å². The molecule has 2 aromatic rings. The number of nitrogens with one attached hydrogen (secondary N) is 1. The maximum atomic E-state index is 12.8. The minimum absolute atomic E-state index is 0.113. The number of carbonyl (C=O) groups excluding carboxylic acids is 1. The largest absolute Gasteiger partial charge is 0.330 e. The number of aryl methyl sites for hydroxylation is 1. The molecule has 0 atom stereocenters. The Kier molecular flexibility index (Phi) is 5.46. The molecule has 4 heteroatoms. The van der Waals surface area contributed by atoms with Crippen LogP contribution in [0.3, 0.4) is 0 Å². The fraction of sp³-hybridized carbons (Fsp3) is 0.235. The molecular formula is C17H19FN2O. The molecule has 0 aliphatic heterocycles. The summed E-state index contributed by atoms with van der Waals surface area (Å²) in [5.74, 6) is -0.413. The van der Waals surface area contributed by atoms with Crippen LogP contribution in [0.5, 0.6) is 0 Å². The number of nitrogens with two attached hydrogens (primary N) is 1. The highest BCUT2D eigenvalue weighted by Gasteiger charge is 2.05. The lowest BCUT2D eigenvalue weighted by molar-refractivity contribution is -0.115. The molecule has 3 N–H and O–H groups in total. The number of hydrogen-bond donors (Lipinski definition) is 2. The lowest BCUT2D eigenvalue weighted by atomic mass is 10.1. The number of hydrogen-bond acceptors (Lipinski definition) is 2. The van der Waals surface area contributed by atoms with Gasteiger partial charge in [0.25, 0.3) is 0 Å². The Morgan fingerprint density at radius 3 is 2.57 bits per heavy atom. The van der Waals surface area contributed by atoms with E-state index in [0.29, 0.717) is 6.54 Å². The molecule has 2 rings (SSSR count). The summed E-state index contributed by atoms with van der Waals surface area (Å²) in [5, 5.41) is 2.86. The third-order valence-corrected chi connectivity index (χ3v) is 3.16. The van der Waals surface area contributed by atoms with E-state index < -0.39 is 0 Å². The van der Waals surface area contributed by atoms with E-state index in [4.69, 9.17) is 5.73 Å². The molecule has 0 unspecified atom stereocenters. The van der Waals surface area contributed by atoms with Gasteiger partial charge in [-0.1, -0.05) is 24.3 Å². The van der Waals surface area contributed by atoms with Crippen LogP contribution < -0.4 is 11.1 Å². The van der Waals surface area contributed by atoms with Crippen molar-refractivity contribution in [1.82, 2.24) is 0 Å². The number of halogens is 1. The zero-order valence-corrected chi connectivity index (χ0v) is 11.8. The average Bonchev–Trinajstić information content (AvgIpc) is 2.48. The molecular weight excluding hydrogens is 267 g/mol. The lowest BCUT2D eigenvalue weighted by Gasteiger charge is -2.07. The maximum absolute atomic E-state index is 12.8. The first-order chi connectivity index (χ1) is 10.2. The molecule has 0 saturated carbocycles. The topological polar surface area (TPSA) is 55.1 Å². The van der Waals surface area contributed by atoms with Crippen molar-refractivity contribution in [2.45, 2.75) is 19.3 Å². The van der Waals surface area contributed by atoms with Crippen molar-refractivity contribution in [1.29, 1.82) is 0 Å².